The summed E-state index contributed by atoms with van der Waals surface area (Å²) < 4.78 is 5.15. The van der Waals surface area contributed by atoms with Gasteiger partial charge in [0.05, 0.1) is 13.1 Å². The zero-order valence-corrected chi connectivity index (χ0v) is 22.1. The summed E-state index contributed by atoms with van der Waals surface area (Å²) in [6.07, 6.45) is 1.68. The Hall–Kier alpha value is -3.72. The summed E-state index contributed by atoms with van der Waals surface area (Å²) in [5, 5.41) is 10.2. The van der Waals surface area contributed by atoms with Gasteiger partial charge in [0, 0.05) is 44.4 Å². The van der Waals surface area contributed by atoms with Gasteiger partial charge in [-0.2, -0.15) is 4.98 Å². The normalized spacial score (nSPS) is 12.9. The van der Waals surface area contributed by atoms with Crippen molar-refractivity contribution in [1.82, 2.24) is 25.7 Å². The lowest BCUT2D eigenvalue weighted by Crippen LogP contribution is -2.47. The quantitative estimate of drug-likeness (QED) is 0.387. The minimum Gasteiger partial charge on any atom is -0.353 e. The lowest BCUT2D eigenvalue weighted by atomic mass is 10.1. The molecule has 2 N–H and O–H groups in total. The predicted octanol–water partition coefficient (Wildman–Crippen LogP) is 2.51. The van der Waals surface area contributed by atoms with Gasteiger partial charge < -0.3 is 25.0 Å². The molecule has 4 rings (SSSR count). The minimum absolute atomic E-state index is 0.0292. The number of fused-ring (bicyclic) bond motifs is 1. The van der Waals surface area contributed by atoms with E-state index in [1.807, 2.05) is 61.0 Å². The maximum atomic E-state index is 13.5. The monoisotopic (exact) mass is 504 g/mol. The van der Waals surface area contributed by atoms with Crippen molar-refractivity contribution in [3.63, 3.8) is 0 Å². The zero-order chi connectivity index (χ0) is 26.4. The Kier molecular flexibility index (Phi) is 8.55. The lowest BCUT2D eigenvalue weighted by molar-refractivity contribution is -0.130. The summed E-state index contributed by atoms with van der Waals surface area (Å²) in [4.78, 5) is 34.4. The molecule has 9 heteroatoms. The first kappa shape index (κ1) is 26.3. The highest BCUT2D eigenvalue weighted by Crippen LogP contribution is 2.28. The molecular weight excluding hydrogens is 468 g/mol. The first-order valence-electron chi connectivity index (χ1n) is 12.8. The molecule has 0 bridgehead atoms. The highest BCUT2D eigenvalue weighted by molar-refractivity contribution is 5.87. The molecular formula is C28H36N6O3. The lowest BCUT2D eigenvalue weighted by Gasteiger charge is -2.30. The van der Waals surface area contributed by atoms with Gasteiger partial charge in [0.2, 0.25) is 23.5 Å². The molecule has 196 valence electrons. The summed E-state index contributed by atoms with van der Waals surface area (Å²) in [5.41, 5.74) is 5.10. The number of nitrogens with zero attached hydrogens (tertiary/aromatic N) is 4. The van der Waals surface area contributed by atoms with Crippen LogP contribution in [0.5, 0.6) is 0 Å². The molecule has 0 saturated heterocycles. The van der Waals surface area contributed by atoms with Crippen LogP contribution in [0.15, 0.2) is 47.0 Å². The van der Waals surface area contributed by atoms with Crippen molar-refractivity contribution < 1.29 is 14.1 Å². The third-order valence-corrected chi connectivity index (χ3v) is 6.84. The van der Waals surface area contributed by atoms with Crippen molar-refractivity contribution in [1.29, 1.82) is 0 Å². The summed E-state index contributed by atoms with van der Waals surface area (Å²) in [5.74, 6) is 0.782. The van der Waals surface area contributed by atoms with E-state index in [1.165, 1.54) is 11.1 Å². The second kappa shape index (κ2) is 12.0. The highest BCUT2D eigenvalue weighted by atomic mass is 16.5. The number of aromatic nitrogens is 2. The molecule has 1 aliphatic rings. The van der Waals surface area contributed by atoms with Crippen LogP contribution in [0.3, 0.4) is 0 Å². The van der Waals surface area contributed by atoms with Crippen LogP contribution in [0.4, 0.5) is 5.69 Å². The molecule has 0 fully saturated rings. The van der Waals surface area contributed by atoms with E-state index in [0.717, 1.165) is 36.2 Å². The molecule has 0 radical (unpaired) electrons. The van der Waals surface area contributed by atoms with E-state index in [2.05, 4.69) is 32.9 Å². The van der Waals surface area contributed by atoms with Crippen molar-refractivity contribution in [3.05, 3.63) is 65.0 Å². The van der Waals surface area contributed by atoms with Gasteiger partial charge >= 0.3 is 0 Å². The maximum absolute atomic E-state index is 13.5. The molecule has 2 aromatic carbocycles. The summed E-state index contributed by atoms with van der Waals surface area (Å²) in [6, 6.07) is 14.2. The molecule has 3 aromatic rings. The molecule has 0 saturated carbocycles. The number of hydrogen-bond acceptors (Lipinski definition) is 7. The fourth-order valence-electron chi connectivity index (χ4n) is 4.72. The third kappa shape index (κ3) is 6.54. The smallest absolute Gasteiger partial charge is 0.242 e. The number of carbonyl (C=O) groups is 2. The Bertz CT molecular complexity index is 1220. The molecule has 2 amide bonds. The van der Waals surface area contributed by atoms with Crippen molar-refractivity contribution in [2.45, 2.75) is 39.7 Å². The van der Waals surface area contributed by atoms with Crippen LogP contribution in [0, 0.1) is 13.8 Å². The van der Waals surface area contributed by atoms with Crippen molar-refractivity contribution in [3.8, 4) is 11.4 Å². The van der Waals surface area contributed by atoms with Crippen LogP contribution >= 0.6 is 0 Å². The Morgan fingerprint density at radius 2 is 1.78 bits per heavy atom. The second-order valence-corrected chi connectivity index (χ2v) is 9.53. The van der Waals surface area contributed by atoms with Crippen LogP contribution in [-0.2, 0) is 22.4 Å². The van der Waals surface area contributed by atoms with Crippen LogP contribution in [0.2, 0.25) is 0 Å². The number of nitrogens with one attached hydrogen (secondary N) is 2. The number of aryl methyl sites for hydroxylation is 2. The maximum Gasteiger partial charge on any atom is 0.242 e. The minimum atomic E-state index is -0.137. The van der Waals surface area contributed by atoms with Gasteiger partial charge in [-0.15, -0.1) is 0 Å². The summed E-state index contributed by atoms with van der Waals surface area (Å²) >= 11 is 0. The van der Waals surface area contributed by atoms with Gasteiger partial charge in [-0.1, -0.05) is 48.5 Å². The van der Waals surface area contributed by atoms with E-state index in [1.54, 1.807) is 6.92 Å². The Labute approximate surface area is 218 Å². The van der Waals surface area contributed by atoms with E-state index >= 15 is 0 Å². The number of hydrogen-bond donors (Lipinski definition) is 2. The van der Waals surface area contributed by atoms with Gasteiger partial charge in [0.15, 0.2) is 0 Å². The predicted molar refractivity (Wildman–Crippen MR) is 143 cm³/mol. The average molecular weight is 505 g/mol. The van der Waals surface area contributed by atoms with Gasteiger partial charge in [-0.25, -0.2) is 0 Å². The van der Waals surface area contributed by atoms with Gasteiger partial charge in [0.1, 0.15) is 0 Å². The number of carbonyl (C=O) groups excluding carboxylic acids is 2. The first-order valence-corrected chi connectivity index (χ1v) is 12.8. The standard InChI is InChI=1S/C28H36N6O3/c1-5-29-12-13-30-26(35)17-34(25-16-23(11-10-19(25)2)28-31-20(3)37-32-28)18-27(36)33(4)24-14-21-8-6-7-9-22(21)15-24/h6-11,16,24,29H,5,12-15,17-18H2,1-4H3,(H,30,35). The van der Waals surface area contributed by atoms with E-state index in [0.29, 0.717) is 24.8 Å². The third-order valence-electron chi connectivity index (χ3n) is 6.84. The average Bonchev–Trinajstić information content (AvgIpc) is 3.52. The van der Waals surface area contributed by atoms with Crippen LogP contribution in [0.25, 0.3) is 11.4 Å². The first-order chi connectivity index (χ1) is 17.9. The van der Waals surface area contributed by atoms with E-state index < -0.39 is 0 Å². The fourth-order valence-corrected chi connectivity index (χ4v) is 4.72. The van der Waals surface area contributed by atoms with E-state index in [9.17, 15) is 9.59 Å². The van der Waals surface area contributed by atoms with Gasteiger partial charge in [-0.3, -0.25) is 9.59 Å². The van der Waals surface area contributed by atoms with Crippen LogP contribution in [-0.4, -0.2) is 72.7 Å². The SMILES string of the molecule is CCNCCNC(=O)CN(CC(=O)N(C)C1Cc2ccccc2C1)c1cc(-c2noc(C)n2)ccc1C. The zero-order valence-electron chi connectivity index (χ0n) is 22.1. The second-order valence-electron chi connectivity index (χ2n) is 9.53. The Morgan fingerprint density at radius 3 is 2.43 bits per heavy atom. The Morgan fingerprint density at radius 1 is 1.05 bits per heavy atom. The molecule has 9 nitrogen and oxygen atoms in total. The molecule has 1 aromatic heterocycles. The molecule has 1 heterocycles. The highest BCUT2D eigenvalue weighted by Gasteiger charge is 2.29. The van der Waals surface area contributed by atoms with Crippen molar-refractivity contribution in [2.75, 3.05) is 44.7 Å². The number of anilines is 1. The van der Waals surface area contributed by atoms with E-state index in [-0.39, 0.29) is 30.9 Å². The van der Waals surface area contributed by atoms with Crippen molar-refractivity contribution >= 4 is 17.5 Å². The largest absolute Gasteiger partial charge is 0.353 e. The fraction of sp³-hybridized carbons (Fsp3) is 0.429. The number of likely N-dealkylation sites (N-methyl/N-ethyl adjacent to an activating group) is 2. The summed E-state index contributed by atoms with van der Waals surface area (Å²) in [7, 11) is 1.86. The molecule has 0 atom stereocenters. The summed E-state index contributed by atoms with van der Waals surface area (Å²) in [6.45, 7) is 7.94. The van der Waals surface area contributed by atoms with Crippen LogP contribution < -0.4 is 15.5 Å². The van der Waals surface area contributed by atoms with Crippen molar-refractivity contribution in [2.24, 2.45) is 0 Å². The van der Waals surface area contributed by atoms with E-state index in [4.69, 9.17) is 4.52 Å². The van der Waals surface area contributed by atoms with Gasteiger partial charge in [-0.05, 0) is 49.1 Å². The Balaban J connectivity index is 1.53. The molecule has 0 unspecified atom stereocenters. The topological polar surface area (TPSA) is 104 Å². The molecule has 0 aliphatic heterocycles. The number of benzene rings is 2. The van der Waals surface area contributed by atoms with Gasteiger partial charge in [0.25, 0.3) is 0 Å². The molecule has 0 spiro atoms. The number of rotatable bonds is 11. The molecule has 1 aliphatic carbocycles. The number of amides is 2. The molecule has 37 heavy (non-hydrogen) atoms. The van der Waals surface area contributed by atoms with Crippen LogP contribution in [0.1, 0.15) is 29.5 Å².